The first-order valence-electron chi connectivity index (χ1n) is 5.37. The molecule has 0 aliphatic rings. The summed E-state index contributed by atoms with van der Waals surface area (Å²) >= 11 is 0. The number of hydrogen-bond acceptors (Lipinski definition) is 3. The Morgan fingerprint density at radius 2 is 2.29 bits per heavy atom. The van der Waals surface area contributed by atoms with Crippen LogP contribution in [0.4, 0.5) is 10.5 Å². The molecule has 17 heavy (non-hydrogen) atoms. The third-order valence-corrected chi connectivity index (χ3v) is 2.21. The largest absolute Gasteiger partial charge is 0.417 e. The highest BCUT2D eigenvalue weighted by Gasteiger charge is 2.04. The van der Waals surface area contributed by atoms with Crippen LogP contribution in [0.1, 0.15) is 13.3 Å². The lowest BCUT2D eigenvalue weighted by molar-refractivity contribution is 0.252. The van der Waals surface area contributed by atoms with Crippen molar-refractivity contribution in [1.29, 1.82) is 0 Å². The number of urea groups is 1. The molecule has 2 amide bonds. The van der Waals surface area contributed by atoms with Crippen LogP contribution >= 0.6 is 0 Å². The molecule has 6 nitrogen and oxygen atoms in total. The molecule has 6 heteroatoms. The Labute approximate surface area is 97.0 Å². The molecule has 0 saturated heterocycles. The molecule has 2 aromatic rings. The number of anilines is 1. The summed E-state index contributed by atoms with van der Waals surface area (Å²) in [5, 5.41) is 5.35. The van der Waals surface area contributed by atoms with E-state index in [2.05, 4.69) is 15.6 Å². The summed E-state index contributed by atoms with van der Waals surface area (Å²) in [6.07, 6.45) is 0.876. The van der Waals surface area contributed by atoms with Crippen LogP contribution in [0, 0.1) is 0 Å². The Morgan fingerprint density at radius 1 is 1.47 bits per heavy atom. The lowest BCUT2D eigenvalue weighted by Gasteiger charge is -2.05. The SMILES string of the molecule is CCCNC(=O)Nc1ccc2oc(=O)[nH]c2c1. The number of amides is 2. The van der Waals surface area contributed by atoms with Crippen LogP contribution in [-0.2, 0) is 0 Å². The average molecular weight is 235 g/mol. The third-order valence-electron chi connectivity index (χ3n) is 2.21. The number of aromatic nitrogens is 1. The Bertz CT molecular complexity index is 585. The minimum atomic E-state index is -0.507. The van der Waals surface area contributed by atoms with Crippen molar-refractivity contribution < 1.29 is 9.21 Å². The van der Waals surface area contributed by atoms with Crippen LogP contribution < -0.4 is 16.4 Å². The summed E-state index contributed by atoms with van der Waals surface area (Å²) < 4.78 is 4.85. The van der Waals surface area contributed by atoms with E-state index in [4.69, 9.17) is 4.42 Å². The van der Waals surface area contributed by atoms with E-state index in [-0.39, 0.29) is 6.03 Å². The van der Waals surface area contributed by atoms with Crippen molar-refractivity contribution in [2.24, 2.45) is 0 Å². The number of oxazole rings is 1. The quantitative estimate of drug-likeness (QED) is 0.755. The van der Waals surface area contributed by atoms with Gasteiger partial charge < -0.3 is 15.1 Å². The van der Waals surface area contributed by atoms with Crippen LogP contribution in [0.15, 0.2) is 27.4 Å². The van der Waals surface area contributed by atoms with Gasteiger partial charge in [0.05, 0.1) is 5.52 Å². The average Bonchev–Trinajstić information content (AvgIpc) is 2.65. The summed E-state index contributed by atoms with van der Waals surface area (Å²) in [6, 6.07) is 4.68. The number of nitrogens with one attached hydrogen (secondary N) is 3. The highest BCUT2D eigenvalue weighted by atomic mass is 16.4. The van der Waals surface area contributed by atoms with Crippen molar-refractivity contribution in [2.45, 2.75) is 13.3 Å². The Morgan fingerprint density at radius 3 is 3.06 bits per heavy atom. The number of fused-ring (bicyclic) bond motifs is 1. The molecule has 1 heterocycles. The van der Waals surface area contributed by atoms with E-state index in [9.17, 15) is 9.59 Å². The summed E-state index contributed by atoms with van der Waals surface area (Å²) in [4.78, 5) is 24.9. The van der Waals surface area contributed by atoms with Crippen LogP contribution in [0.5, 0.6) is 0 Å². The molecular weight excluding hydrogens is 222 g/mol. The second-order valence-electron chi connectivity index (χ2n) is 3.61. The zero-order valence-corrected chi connectivity index (χ0v) is 9.37. The summed E-state index contributed by atoms with van der Waals surface area (Å²) in [5.74, 6) is -0.507. The normalized spacial score (nSPS) is 10.4. The lowest BCUT2D eigenvalue weighted by Crippen LogP contribution is -2.29. The van der Waals surface area contributed by atoms with Gasteiger partial charge in [-0.25, -0.2) is 9.59 Å². The molecule has 0 aliphatic carbocycles. The number of carbonyl (C=O) groups excluding carboxylic acids is 1. The summed E-state index contributed by atoms with van der Waals surface area (Å²) in [7, 11) is 0. The molecule has 0 fully saturated rings. The highest BCUT2D eigenvalue weighted by Crippen LogP contribution is 2.15. The smallest absolute Gasteiger partial charge is 0.408 e. The minimum Gasteiger partial charge on any atom is -0.408 e. The van der Waals surface area contributed by atoms with Crippen LogP contribution in [-0.4, -0.2) is 17.6 Å². The van der Waals surface area contributed by atoms with Gasteiger partial charge >= 0.3 is 11.8 Å². The first kappa shape index (κ1) is 11.3. The Kier molecular flexibility index (Phi) is 3.13. The number of carbonyl (C=O) groups is 1. The molecule has 90 valence electrons. The third kappa shape index (κ3) is 2.66. The number of aromatic amines is 1. The van der Waals surface area contributed by atoms with Gasteiger partial charge in [0.2, 0.25) is 0 Å². The maximum atomic E-state index is 11.4. The standard InChI is InChI=1S/C11H13N3O3/c1-2-5-12-10(15)13-7-3-4-9-8(6-7)14-11(16)17-9/h3-4,6H,2,5H2,1H3,(H,14,16)(H2,12,13,15). The van der Waals surface area contributed by atoms with E-state index in [1.54, 1.807) is 18.2 Å². The molecule has 0 aliphatic heterocycles. The Hall–Kier alpha value is -2.24. The van der Waals surface area contributed by atoms with E-state index >= 15 is 0 Å². The van der Waals surface area contributed by atoms with Gasteiger partial charge in [0, 0.05) is 12.2 Å². The predicted octanol–water partition coefficient (Wildman–Crippen LogP) is 1.65. The van der Waals surface area contributed by atoms with Gasteiger partial charge in [-0.2, -0.15) is 0 Å². The molecule has 1 aromatic heterocycles. The van der Waals surface area contributed by atoms with Gasteiger partial charge in [0.1, 0.15) is 0 Å². The predicted molar refractivity (Wildman–Crippen MR) is 64.1 cm³/mol. The summed E-state index contributed by atoms with van der Waals surface area (Å²) in [6.45, 7) is 2.60. The first-order chi connectivity index (χ1) is 8.19. The Balaban J connectivity index is 2.13. The molecule has 0 atom stereocenters. The van der Waals surface area contributed by atoms with Crippen molar-refractivity contribution in [3.63, 3.8) is 0 Å². The van der Waals surface area contributed by atoms with Crippen molar-refractivity contribution in [3.8, 4) is 0 Å². The van der Waals surface area contributed by atoms with Crippen molar-refractivity contribution in [2.75, 3.05) is 11.9 Å². The van der Waals surface area contributed by atoms with Crippen LogP contribution in [0.25, 0.3) is 11.1 Å². The maximum Gasteiger partial charge on any atom is 0.417 e. The molecule has 0 radical (unpaired) electrons. The van der Waals surface area contributed by atoms with E-state index in [0.717, 1.165) is 6.42 Å². The molecule has 0 bridgehead atoms. The molecular formula is C11H13N3O3. The molecule has 3 N–H and O–H groups in total. The number of benzene rings is 1. The van der Waals surface area contributed by atoms with E-state index in [1.165, 1.54) is 0 Å². The molecule has 0 saturated carbocycles. The van der Waals surface area contributed by atoms with Gasteiger partial charge in [0.15, 0.2) is 5.58 Å². The fourth-order valence-electron chi connectivity index (χ4n) is 1.44. The topological polar surface area (TPSA) is 87.1 Å². The van der Waals surface area contributed by atoms with Gasteiger partial charge in [-0.1, -0.05) is 6.92 Å². The monoisotopic (exact) mass is 235 g/mol. The van der Waals surface area contributed by atoms with Gasteiger partial charge in [-0.3, -0.25) is 4.98 Å². The number of rotatable bonds is 3. The molecule has 2 rings (SSSR count). The first-order valence-corrected chi connectivity index (χ1v) is 5.37. The molecule has 0 unspecified atom stereocenters. The van der Waals surface area contributed by atoms with Crippen molar-refractivity contribution in [3.05, 3.63) is 28.7 Å². The molecule has 0 spiro atoms. The highest BCUT2D eigenvalue weighted by molar-refractivity contribution is 5.91. The van der Waals surface area contributed by atoms with Gasteiger partial charge in [-0.15, -0.1) is 0 Å². The van der Waals surface area contributed by atoms with E-state index in [0.29, 0.717) is 23.3 Å². The van der Waals surface area contributed by atoms with Crippen LogP contribution in [0.2, 0.25) is 0 Å². The van der Waals surface area contributed by atoms with Gasteiger partial charge in [-0.05, 0) is 24.6 Å². The van der Waals surface area contributed by atoms with E-state index in [1.807, 2.05) is 6.92 Å². The van der Waals surface area contributed by atoms with Crippen molar-refractivity contribution >= 4 is 22.8 Å². The van der Waals surface area contributed by atoms with Crippen molar-refractivity contribution in [1.82, 2.24) is 10.3 Å². The zero-order chi connectivity index (χ0) is 12.3. The summed E-state index contributed by atoms with van der Waals surface area (Å²) in [5.41, 5.74) is 1.63. The maximum absolute atomic E-state index is 11.4. The van der Waals surface area contributed by atoms with Gasteiger partial charge in [0.25, 0.3) is 0 Å². The second kappa shape index (κ2) is 4.73. The van der Waals surface area contributed by atoms with E-state index < -0.39 is 5.76 Å². The zero-order valence-electron chi connectivity index (χ0n) is 9.37. The number of hydrogen-bond donors (Lipinski definition) is 3. The lowest BCUT2D eigenvalue weighted by atomic mass is 10.3. The number of H-pyrrole nitrogens is 1. The van der Waals surface area contributed by atoms with Crippen LogP contribution in [0.3, 0.4) is 0 Å². The fourth-order valence-corrected chi connectivity index (χ4v) is 1.44. The minimum absolute atomic E-state index is 0.267. The fraction of sp³-hybridized carbons (Fsp3) is 0.273. The molecule has 1 aromatic carbocycles. The second-order valence-corrected chi connectivity index (χ2v) is 3.61.